The molecule has 16 heavy (non-hydrogen) atoms. The number of nitrogens with zero attached hydrogens (tertiary/aromatic N) is 4. The Morgan fingerprint density at radius 2 is 2.44 bits per heavy atom. The number of carboxylic acid groups (broad SMARTS) is 1. The van der Waals surface area contributed by atoms with E-state index in [-0.39, 0.29) is 5.69 Å². The van der Waals surface area contributed by atoms with Crippen LogP contribution < -0.4 is 0 Å². The molecule has 6 nitrogen and oxygen atoms in total. The first-order chi connectivity index (χ1) is 7.63. The first kappa shape index (κ1) is 10.7. The van der Waals surface area contributed by atoms with E-state index in [2.05, 4.69) is 23.9 Å². The normalized spacial score (nSPS) is 10.6. The van der Waals surface area contributed by atoms with E-state index < -0.39 is 5.97 Å². The minimum atomic E-state index is -1.06. The van der Waals surface area contributed by atoms with Crippen molar-refractivity contribution in [1.82, 2.24) is 14.8 Å². The summed E-state index contributed by atoms with van der Waals surface area (Å²) in [6, 6.07) is 1.78. The molecule has 0 saturated carbocycles. The van der Waals surface area contributed by atoms with Crippen molar-refractivity contribution in [3.05, 3.63) is 23.7 Å². The first-order valence-electron chi connectivity index (χ1n) is 4.51. The number of carboxylic acids is 1. The predicted octanol–water partition coefficient (Wildman–Crippen LogP) is 1.49. The van der Waals surface area contributed by atoms with E-state index in [0.29, 0.717) is 17.6 Å². The molecular weight excluding hydrogens is 227 g/mol. The van der Waals surface area contributed by atoms with Crippen LogP contribution in [-0.4, -0.2) is 25.8 Å². The Kier molecular flexibility index (Phi) is 2.66. The Morgan fingerprint density at radius 1 is 1.69 bits per heavy atom. The van der Waals surface area contributed by atoms with Crippen LogP contribution in [0.5, 0.6) is 0 Å². The van der Waals surface area contributed by atoms with E-state index in [9.17, 15) is 4.79 Å². The maximum Gasteiger partial charge on any atom is 0.355 e. The third-order valence-electron chi connectivity index (χ3n) is 2.24. The number of aromatic nitrogens is 3. The van der Waals surface area contributed by atoms with Crippen molar-refractivity contribution >= 4 is 25.9 Å². The third-order valence-corrected chi connectivity index (χ3v) is 2.40. The van der Waals surface area contributed by atoms with Crippen LogP contribution in [-0.2, 0) is 13.6 Å². The smallest absolute Gasteiger partial charge is 0.355 e. The summed E-state index contributed by atoms with van der Waals surface area (Å²) in [4.78, 5) is 15.1. The quantitative estimate of drug-likeness (QED) is 0.818. The molecule has 0 radical (unpaired) electrons. The molecule has 2 aromatic heterocycles. The highest BCUT2D eigenvalue weighted by Crippen LogP contribution is 2.18. The minimum Gasteiger partial charge on any atom is -0.476 e. The number of aromatic carboxylic acids is 1. The third kappa shape index (κ3) is 1.67. The van der Waals surface area contributed by atoms with Crippen molar-refractivity contribution in [1.29, 1.82) is 0 Å². The summed E-state index contributed by atoms with van der Waals surface area (Å²) in [5.41, 5.74) is 1.33. The number of aryl methyl sites for hydroxylation is 1. The van der Waals surface area contributed by atoms with Crippen molar-refractivity contribution in [2.45, 2.75) is 6.54 Å². The van der Waals surface area contributed by atoms with E-state index in [1.807, 2.05) is 0 Å². The summed E-state index contributed by atoms with van der Waals surface area (Å²) >= 11 is 0. The standard InChI is InChI=1S/C9H9N4O2P/c1-13-7-2-5(3-11-16)12-8(9(14)15)6(7)4-10-13/h2,4,16H,3H2,1H3,(H,14,15). The second kappa shape index (κ2) is 3.98. The Hall–Kier alpha value is -1.81. The van der Waals surface area contributed by atoms with Gasteiger partial charge in [0, 0.05) is 7.05 Å². The van der Waals surface area contributed by atoms with Gasteiger partial charge >= 0.3 is 5.97 Å². The fourth-order valence-electron chi connectivity index (χ4n) is 1.52. The maximum atomic E-state index is 11.0. The lowest BCUT2D eigenvalue weighted by Gasteiger charge is -2.01. The zero-order valence-corrected chi connectivity index (χ0v) is 9.51. The van der Waals surface area contributed by atoms with Crippen LogP contribution in [0, 0.1) is 0 Å². The van der Waals surface area contributed by atoms with Crippen molar-refractivity contribution in [2.24, 2.45) is 11.8 Å². The molecule has 0 atom stereocenters. The molecule has 0 amide bonds. The Bertz CT molecular complexity index is 578. The first-order valence-corrected chi connectivity index (χ1v) is 4.96. The van der Waals surface area contributed by atoms with Crippen molar-refractivity contribution in [3.63, 3.8) is 0 Å². The molecule has 0 aromatic carbocycles. The van der Waals surface area contributed by atoms with Gasteiger partial charge in [-0.05, 0) is 15.1 Å². The largest absolute Gasteiger partial charge is 0.476 e. The maximum absolute atomic E-state index is 11.0. The number of carbonyl (C=O) groups is 1. The molecule has 1 N–H and O–H groups in total. The summed E-state index contributed by atoms with van der Waals surface area (Å²) in [5, 5.41) is 13.6. The number of hydrogen-bond donors (Lipinski definition) is 1. The van der Waals surface area contributed by atoms with Gasteiger partial charge < -0.3 is 5.11 Å². The molecule has 82 valence electrons. The molecule has 2 heterocycles. The molecular formula is C9H9N4O2P. The SMILES string of the molecule is Cn1ncc2c(C(=O)O)nc(CN=P)cc21. The van der Waals surface area contributed by atoms with E-state index in [1.54, 1.807) is 17.8 Å². The van der Waals surface area contributed by atoms with E-state index in [0.717, 1.165) is 5.52 Å². The predicted molar refractivity (Wildman–Crippen MR) is 59.9 cm³/mol. The van der Waals surface area contributed by atoms with Crippen LogP contribution in [0.4, 0.5) is 0 Å². The highest BCUT2D eigenvalue weighted by atomic mass is 31.0. The molecule has 7 heteroatoms. The van der Waals surface area contributed by atoms with E-state index >= 15 is 0 Å². The van der Waals surface area contributed by atoms with Gasteiger partial charge in [0.1, 0.15) is 0 Å². The highest BCUT2D eigenvalue weighted by Gasteiger charge is 2.14. The van der Waals surface area contributed by atoms with E-state index in [1.165, 1.54) is 6.20 Å². The second-order valence-electron chi connectivity index (χ2n) is 3.28. The van der Waals surface area contributed by atoms with Gasteiger partial charge in [-0.25, -0.2) is 9.78 Å². The van der Waals surface area contributed by atoms with Gasteiger partial charge in [0.25, 0.3) is 0 Å². The molecule has 0 aliphatic heterocycles. The van der Waals surface area contributed by atoms with Crippen LogP contribution in [0.2, 0.25) is 0 Å². The summed E-state index contributed by atoms with van der Waals surface area (Å²) in [6.45, 7) is 0.318. The van der Waals surface area contributed by atoms with Crippen molar-refractivity contribution < 1.29 is 9.90 Å². The summed E-state index contributed by atoms with van der Waals surface area (Å²) in [5.74, 6) is -1.06. The van der Waals surface area contributed by atoms with Gasteiger partial charge in [-0.2, -0.15) is 5.10 Å². The van der Waals surface area contributed by atoms with Gasteiger partial charge in [-0.15, -0.1) is 0 Å². The molecule has 0 saturated heterocycles. The van der Waals surface area contributed by atoms with Crippen LogP contribution in [0.3, 0.4) is 0 Å². The van der Waals surface area contributed by atoms with Crippen LogP contribution in [0.1, 0.15) is 16.2 Å². The Balaban J connectivity index is 2.75. The molecule has 2 rings (SSSR count). The molecule has 0 aliphatic rings. The minimum absolute atomic E-state index is 0.0101. The average molecular weight is 236 g/mol. The molecule has 0 unspecified atom stereocenters. The molecule has 2 aromatic rings. The average Bonchev–Trinajstić information content (AvgIpc) is 2.60. The number of rotatable bonds is 3. The van der Waals surface area contributed by atoms with Crippen LogP contribution >= 0.6 is 9.03 Å². The molecule has 0 bridgehead atoms. The van der Waals surface area contributed by atoms with Crippen LogP contribution in [0.15, 0.2) is 17.0 Å². The number of fused-ring (bicyclic) bond motifs is 1. The second-order valence-corrected chi connectivity index (χ2v) is 3.60. The fraction of sp³-hybridized carbons (Fsp3) is 0.222. The lowest BCUT2D eigenvalue weighted by atomic mass is 10.2. The molecule has 0 fully saturated rings. The lowest BCUT2D eigenvalue weighted by molar-refractivity contribution is 0.0692. The highest BCUT2D eigenvalue weighted by molar-refractivity contribution is 7.03. The van der Waals surface area contributed by atoms with Gasteiger partial charge in [-0.3, -0.25) is 9.43 Å². The monoisotopic (exact) mass is 236 g/mol. The summed E-state index contributed by atoms with van der Waals surface area (Å²) in [7, 11) is 4.74. The molecule has 0 spiro atoms. The van der Waals surface area contributed by atoms with Gasteiger partial charge in [0.2, 0.25) is 0 Å². The van der Waals surface area contributed by atoms with E-state index in [4.69, 9.17) is 5.11 Å². The molecule has 0 aliphatic carbocycles. The summed E-state index contributed by atoms with van der Waals surface area (Å²) < 4.78 is 5.36. The zero-order valence-electron chi connectivity index (χ0n) is 8.51. The Labute approximate surface area is 93.2 Å². The Morgan fingerprint density at radius 3 is 3.06 bits per heavy atom. The number of pyridine rings is 1. The van der Waals surface area contributed by atoms with Crippen molar-refractivity contribution in [3.8, 4) is 0 Å². The lowest BCUT2D eigenvalue weighted by Crippen LogP contribution is -2.04. The summed E-state index contributed by atoms with van der Waals surface area (Å²) in [6.07, 6.45) is 1.50. The van der Waals surface area contributed by atoms with Gasteiger partial charge in [-0.1, -0.05) is 0 Å². The van der Waals surface area contributed by atoms with Crippen LogP contribution in [0.25, 0.3) is 10.9 Å². The fourth-order valence-corrected chi connectivity index (χ4v) is 1.68. The van der Waals surface area contributed by atoms with Gasteiger partial charge in [0.05, 0.1) is 29.3 Å². The topological polar surface area (TPSA) is 80.4 Å². The van der Waals surface area contributed by atoms with Crippen molar-refractivity contribution in [2.75, 3.05) is 0 Å². The number of hydrogen-bond acceptors (Lipinski definition) is 4. The zero-order chi connectivity index (χ0) is 11.7. The van der Waals surface area contributed by atoms with Gasteiger partial charge in [0.15, 0.2) is 5.69 Å².